The number of anilines is 1. The number of benzene rings is 1. The first-order valence-corrected chi connectivity index (χ1v) is 5.04. The standard InChI is InChI=1S/C10H11ClF3NO2/c1-17-8-3-2-6(4-7(8)11)15-5-9(16)10(12,13)14/h2-4,9,15-16H,5H2,1H3. The topological polar surface area (TPSA) is 41.5 Å². The van der Waals surface area contributed by atoms with Crippen molar-refractivity contribution in [1.29, 1.82) is 0 Å². The smallest absolute Gasteiger partial charge is 0.416 e. The van der Waals surface area contributed by atoms with E-state index in [9.17, 15) is 13.2 Å². The molecule has 0 heterocycles. The maximum Gasteiger partial charge on any atom is 0.416 e. The minimum Gasteiger partial charge on any atom is -0.495 e. The van der Waals surface area contributed by atoms with Crippen molar-refractivity contribution in [2.75, 3.05) is 19.0 Å². The Hall–Kier alpha value is -1.14. The summed E-state index contributed by atoms with van der Waals surface area (Å²) in [6.07, 6.45) is -7.05. The van der Waals surface area contributed by atoms with E-state index in [-0.39, 0.29) is 5.02 Å². The van der Waals surface area contributed by atoms with Crippen molar-refractivity contribution in [3.63, 3.8) is 0 Å². The molecular formula is C10H11ClF3NO2. The first-order valence-electron chi connectivity index (χ1n) is 4.67. The Kier molecular flexibility index (Phi) is 4.47. The second kappa shape index (κ2) is 5.46. The molecule has 0 aliphatic rings. The van der Waals surface area contributed by atoms with Gasteiger partial charge in [0.25, 0.3) is 0 Å². The van der Waals surface area contributed by atoms with E-state index in [1.54, 1.807) is 0 Å². The molecule has 17 heavy (non-hydrogen) atoms. The van der Waals surface area contributed by atoms with Crippen LogP contribution in [0.5, 0.6) is 5.75 Å². The first kappa shape index (κ1) is 13.9. The Morgan fingerprint density at radius 3 is 2.59 bits per heavy atom. The number of hydrogen-bond acceptors (Lipinski definition) is 3. The fourth-order valence-corrected chi connectivity index (χ4v) is 1.36. The maximum absolute atomic E-state index is 12.0. The Balaban J connectivity index is 2.61. The van der Waals surface area contributed by atoms with Crippen LogP contribution in [0.3, 0.4) is 0 Å². The molecule has 1 atom stereocenters. The molecule has 1 aromatic rings. The second-order valence-electron chi connectivity index (χ2n) is 3.29. The molecule has 1 rings (SSSR count). The van der Waals surface area contributed by atoms with Gasteiger partial charge in [0.2, 0.25) is 0 Å². The average molecular weight is 270 g/mol. The Morgan fingerprint density at radius 1 is 1.47 bits per heavy atom. The highest BCUT2D eigenvalue weighted by Gasteiger charge is 2.37. The lowest BCUT2D eigenvalue weighted by atomic mass is 10.2. The number of ether oxygens (including phenoxy) is 1. The van der Waals surface area contributed by atoms with Crippen LogP contribution in [0.15, 0.2) is 18.2 Å². The van der Waals surface area contributed by atoms with Gasteiger partial charge in [-0.3, -0.25) is 0 Å². The number of alkyl halides is 3. The molecular weight excluding hydrogens is 259 g/mol. The summed E-state index contributed by atoms with van der Waals surface area (Å²) in [5.41, 5.74) is 0.374. The van der Waals surface area contributed by atoms with Crippen LogP contribution in [0.1, 0.15) is 0 Å². The van der Waals surface area contributed by atoms with Crippen LogP contribution in [-0.4, -0.2) is 31.0 Å². The van der Waals surface area contributed by atoms with Crippen LogP contribution < -0.4 is 10.1 Å². The number of halogens is 4. The van der Waals surface area contributed by atoms with E-state index in [1.165, 1.54) is 25.3 Å². The minimum absolute atomic E-state index is 0.277. The van der Waals surface area contributed by atoms with Gasteiger partial charge < -0.3 is 15.2 Å². The number of rotatable bonds is 4. The summed E-state index contributed by atoms with van der Waals surface area (Å²) in [5, 5.41) is 11.5. The average Bonchev–Trinajstić information content (AvgIpc) is 2.24. The van der Waals surface area contributed by atoms with Gasteiger partial charge in [0, 0.05) is 12.2 Å². The third-order valence-electron chi connectivity index (χ3n) is 2.03. The van der Waals surface area contributed by atoms with E-state index in [0.29, 0.717) is 11.4 Å². The zero-order valence-electron chi connectivity index (χ0n) is 8.88. The van der Waals surface area contributed by atoms with Crippen molar-refractivity contribution in [1.82, 2.24) is 0 Å². The summed E-state index contributed by atoms with van der Waals surface area (Å²) >= 11 is 5.79. The van der Waals surface area contributed by atoms with E-state index in [4.69, 9.17) is 21.4 Å². The molecule has 0 aromatic heterocycles. The van der Waals surface area contributed by atoms with Gasteiger partial charge in [0.1, 0.15) is 5.75 Å². The van der Waals surface area contributed by atoms with Crippen molar-refractivity contribution in [3.05, 3.63) is 23.2 Å². The zero-order valence-corrected chi connectivity index (χ0v) is 9.64. The minimum atomic E-state index is -4.64. The van der Waals surface area contributed by atoms with Crippen LogP contribution in [-0.2, 0) is 0 Å². The lowest BCUT2D eigenvalue weighted by molar-refractivity contribution is -0.198. The quantitative estimate of drug-likeness (QED) is 0.883. The van der Waals surface area contributed by atoms with Gasteiger partial charge >= 0.3 is 6.18 Å². The Bertz CT molecular complexity index is 384. The summed E-state index contributed by atoms with van der Waals surface area (Å²) in [4.78, 5) is 0. The van der Waals surface area contributed by atoms with Gasteiger partial charge in [-0.15, -0.1) is 0 Å². The molecule has 0 aliphatic carbocycles. The van der Waals surface area contributed by atoms with Gasteiger partial charge in [-0.1, -0.05) is 11.6 Å². The predicted octanol–water partition coefficient (Wildman–Crippen LogP) is 2.68. The molecule has 1 aromatic carbocycles. The van der Waals surface area contributed by atoms with Crippen LogP contribution in [0.4, 0.5) is 18.9 Å². The lowest BCUT2D eigenvalue weighted by Crippen LogP contribution is -2.34. The fraction of sp³-hybridized carbons (Fsp3) is 0.400. The summed E-state index contributed by atoms with van der Waals surface area (Å²) in [6.45, 7) is -0.633. The highest BCUT2D eigenvalue weighted by molar-refractivity contribution is 6.32. The van der Waals surface area contributed by atoms with Gasteiger partial charge in [-0.05, 0) is 18.2 Å². The molecule has 7 heteroatoms. The Labute approximate surface area is 101 Å². The van der Waals surface area contributed by atoms with Crippen molar-refractivity contribution < 1.29 is 23.0 Å². The van der Waals surface area contributed by atoms with Crippen LogP contribution >= 0.6 is 11.6 Å². The summed E-state index contributed by atoms with van der Waals surface area (Å²) < 4.78 is 40.9. The number of methoxy groups -OCH3 is 1. The van der Waals surface area contributed by atoms with Crippen LogP contribution in [0.25, 0.3) is 0 Å². The van der Waals surface area contributed by atoms with E-state index >= 15 is 0 Å². The predicted molar refractivity (Wildman–Crippen MR) is 58.6 cm³/mol. The number of aliphatic hydroxyl groups excluding tert-OH is 1. The van der Waals surface area contributed by atoms with Crippen LogP contribution in [0.2, 0.25) is 5.02 Å². The number of nitrogens with one attached hydrogen (secondary N) is 1. The largest absolute Gasteiger partial charge is 0.495 e. The number of hydrogen-bond donors (Lipinski definition) is 2. The molecule has 0 spiro atoms. The summed E-state index contributed by atoms with van der Waals surface area (Å²) in [5.74, 6) is 0.425. The van der Waals surface area contributed by atoms with Gasteiger partial charge in [-0.25, -0.2) is 0 Å². The monoisotopic (exact) mass is 269 g/mol. The zero-order chi connectivity index (χ0) is 13.1. The molecule has 0 fully saturated rings. The second-order valence-corrected chi connectivity index (χ2v) is 3.69. The Morgan fingerprint density at radius 2 is 2.12 bits per heavy atom. The fourth-order valence-electron chi connectivity index (χ4n) is 1.11. The highest BCUT2D eigenvalue weighted by atomic mass is 35.5. The molecule has 0 amide bonds. The summed E-state index contributed by atoms with van der Waals surface area (Å²) in [7, 11) is 1.43. The molecule has 2 N–H and O–H groups in total. The van der Waals surface area contributed by atoms with Crippen molar-refractivity contribution >= 4 is 17.3 Å². The molecule has 0 saturated carbocycles. The molecule has 0 radical (unpaired) electrons. The van der Waals surface area contributed by atoms with Crippen molar-refractivity contribution in [2.45, 2.75) is 12.3 Å². The highest BCUT2D eigenvalue weighted by Crippen LogP contribution is 2.27. The molecule has 0 aliphatic heterocycles. The molecule has 1 unspecified atom stereocenters. The third kappa shape index (κ3) is 3.98. The normalized spacial score (nSPS) is 13.3. The summed E-state index contributed by atoms with van der Waals surface area (Å²) in [6, 6.07) is 4.45. The van der Waals surface area contributed by atoms with E-state index in [1.807, 2.05) is 0 Å². The molecule has 96 valence electrons. The van der Waals surface area contributed by atoms with E-state index in [0.717, 1.165) is 0 Å². The van der Waals surface area contributed by atoms with Gasteiger partial charge in [0.15, 0.2) is 6.10 Å². The van der Waals surface area contributed by atoms with Crippen LogP contribution in [0, 0.1) is 0 Å². The SMILES string of the molecule is COc1ccc(NCC(O)C(F)(F)F)cc1Cl. The number of aliphatic hydroxyl groups is 1. The van der Waals surface area contributed by atoms with E-state index < -0.39 is 18.8 Å². The lowest BCUT2D eigenvalue weighted by Gasteiger charge is -2.16. The third-order valence-corrected chi connectivity index (χ3v) is 2.32. The van der Waals surface area contributed by atoms with Crippen molar-refractivity contribution in [3.8, 4) is 5.75 Å². The molecule has 0 saturated heterocycles. The van der Waals surface area contributed by atoms with E-state index in [2.05, 4.69) is 5.32 Å². The van der Waals surface area contributed by atoms with Gasteiger partial charge in [-0.2, -0.15) is 13.2 Å². The van der Waals surface area contributed by atoms with Crippen molar-refractivity contribution in [2.24, 2.45) is 0 Å². The molecule has 0 bridgehead atoms. The molecule has 3 nitrogen and oxygen atoms in total. The first-order chi connectivity index (χ1) is 7.84. The van der Waals surface area contributed by atoms with Gasteiger partial charge in [0.05, 0.1) is 12.1 Å². The maximum atomic E-state index is 12.0.